The third-order valence-corrected chi connectivity index (χ3v) is 4.04. The summed E-state index contributed by atoms with van der Waals surface area (Å²) < 4.78 is 0. The van der Waals surface area contributed by atoms with Gasteiger partial charge >= 0.3 is 0 Å². The van der Waals surface area contributed by atoms with Crippen LogP contribution in [-0.2, 0) is 4.79 Å². The number of hydrogen-bond acceptors (Lipinski definition) is 1. The number of ketones is 1. The van der Waals surface area contributed by atoms with Gasteiger partial charge in [0.05, 0.1) is 0 Å². The molecule has 0 amide bonds. The van der Waals surface area contributed by atoms with Crippen molar-refractivity contribution in [1.29, 1.82) is 0 Å². The van der Waals surface area contributed by atoms with Gasteiger partial charge in [-0.15, -0.1) is 6.58 Å². The van der Waals surface area contributed by atoms with E-state index in [-0.39, 0.29) is 5.78 Å². The van der Waals surface area contributed by atoms with E-state index in [1.165, 1.54) is 41.5 Å². The normalized spacial score (nSPS) is 11.5. The first-order valence-electron chi connectivity index (χ1n) is 8.42. The van der Waals surface area contributed by atoms with Gasteiger partial charge in [0.2, 0.25) is 0 Å². The molecule has 120 valence electrons. The van der Waals surface area contributed by atoms with Crippen LogP contribution in [0.5, 0.6) is 0 Å². The zero-order chi connectivity index (χ0) is 16.5. The van der Waals surface area contributed by atoms with Crippen LogP contribution in [0.25, 0.3) is 6.08 Å². The summed E-state index contributed by atoms with van der Waals surface area (Å²) in [5.74, 6) is 0.214. The smallest absolute Gasteiger partial charge is 0.162 e. The van der Waals surface area contributed by atoms with E-state index >= 15 is 0 Å². The fourth-order valence-corrected chi connectivity index (χ4v) is 2.89. The zero-order valence-electron chi connectivity index (χ0n) is 14.7. The summed E-state index contributed by atoms with van der Waals surface area (Å²) in [6.45, 7) is 12.3. The lowest BCUT2D eigenvalue weighted by Gasteiger charge is -2.11. The number of benzene rings is 1. The van der Waals surface area contributed by atoms with Crippen molar-refractivity contribution < 1.29 is 4.79 Å². The molecule has 1 nitrogen and oxygen atoms in total. The van der Waals surface area contributed by atoms with Crippen LogP contribution in [0.3, 0.4) is 0 Å². The standard InChI is InChI=1S/C21H30O/c1-6-8-9-10-12-19(21(22)11-7-2)15-20-17(4)13-16(3)14-18(20)5/h7,13-15H,2,6,8-12H2,1,3-5H3/b19-15-. The summed E-state index contributed by atoms with van der Waals surface area (Å²) in [5, 5.41) is 0. The Morgan fingerprint density at radius 1 is 1.09 bits per heavy atom. The summed E-state index contributed by atoms with van der Waals surface area (Å²) in [4.78, 5) is 12.4. The van der Waals surface area contributed by atoms with Crippen molar-refractivity contribution in [2.75, 3.05) is 0 Å². The predicted molar refractivity (Wildman–Crippen MR) is 97.2 cm³/mol. The molecular formula is C21H30O. The Kier molecular flexibility index (Phi) is 7.87. The predicted octanol–water partition coefficient (Wildman–Crippen LogP) is 6.11. The summed E-state index contributed by atoms with van der Waals surface area (Å²) in [5.41, 5.74) is 5.92. The van der Waals surface area contributed by atoms with Crippen LogP contribution in [0.1, 0.15) is 67.7 Å². The van der Waals surface area contributed by atoms with Gasteiger partial charge in [-0.25, -0.2) is 0 Å². The van der Waals surface area contributed by atoms with E-state index in [9.17, 15) is 4.79 Å². The lowest BCUT2D eigenvalue weighted by atomic mass is 9.94. The average Bonchev–Trinajstić information content (AvgIpc) is 2.45. The molecule has 0 bridgehead atoms. The molecule has 0 atom stereocenters. The van der Waals surface area contributed by atoms with E-state index in [2.05, 4.69) is 52.5 Å². The molecule has 0 N–H and O–H groups in total. The topological polar surface area (TPSA) is 17.1 Å². The second-order valence-corrected chi connectivity index (χ2v) is 6.21. The molecule has 0 heterocycles. The number of unbranched alkanes of at least 4 members (excludes halogenated alkanes) is 3. The van der Waals surface area contributed by atoms with Crippen molar-refractivity contribution in [3.63, 3.8) is 0 Å². The maximum Gasteiger partial charge on any atom is 0.162 e. The SMILES string of the molecule is C=CCC(=O)/C(=C\c1c(C)cc(C)cc1C)CCCCCC. The number of rotatable bonds is 9. The molecular weight excluding hydrogens is 268 g/mol. The van der Waals surface area contributed by atoms with Crippen molar-refractivity contribution in [1.82, 2.24) is 0 Å². The van der Waals surface area contributed by atoms with Gasteiger partial charge in [-0.3, -0.25) is 4.79 Å². The Balaban J connectivity index is 3.03. The number of Topliss-reactive ketones (excluding diaryl/α,β-unsaturated/α-hetero) is 1. The summed E-state index contributed by atoms with van der Waals surface area (Å²) in [6.07, 6.45) is 9.87. The molecule has 0 aromatic heterocycles. The first-order valence-corrected chi connectivity index (χ1v) is 8.42. The summed E-state index contributed by atoms with van der Waals surface area (Å²) >= 11 is 0. The number of carbonyl (C=O) groups is 1. The Morgan fingerprint density at radius 3 is 2.27 bits per heavy atom. The molecule has 0 aliphatic heterocycles. The largest absolute Gasteiger partial charge is 0.294 e. The number of hydrogen-bond donors (Lipinski definition) is 0. The lowest BCUT2D eigenvalue weighted by molar-refractivity contribution is -0.114. The van der Waals surface area contributed by atoms with Gasteiger partial charge in [0.25, 0.3) is 0 Å². The molecule has 0 aliphatic carbocycles. The van der Waals surface area contributed by atoms with Gasteiger partial charge in [-0.2, -0.15) is 0 Å². The van der Waals surface area contributed by atoms with E-state index in [4.69, 9.17) is 0 Å². The molecule has 1 aromatic carbocycles. The Bertz CT molecular complexity index is 526. The van der Waals surface area contributed by atoms with E-state index in [0.717, 1.165) is 18.4 Å². The highest BCUT2D eigenvalue weighted by Crippen LogP contribution is 2.23. The van der Waals surface area contributed by atoms with Crippen molar-refractivity contribution >= 4 is 11.9 Å². The summed E-state index contributed by atoms with van der Waals surface area (Å²) in [7, 11) is 0. The minimum Gasteiger partial charge on any atom is -0.294 e. The van der Waals surface area contributed by atoms with Gasteiger partial charge in [-0.05, 0) is 62.0 Å². The lowest BCUT2D eigenvalue weighted by Crippen LogP contribution is -2.02. The number of carbonyl (C=O) groups excluding carboxylic acids is 1. The first-order chi connectivity index (χ1) is 10.5. The van der Waals surface area contributed by atoms with Crippen LogP contribution in [-0.4, -0.2) is 5.78 Å². The van der Waals surface area contributed by atoms with Gasteiger partial charge in [0.1, 0.15) is 0 Å². The second kappa shape index (κ2) is 9.40. The van der Waals surface area contributed by atoms with Crippen LogP contribution < -0.4 is 0 Å². The monoisotopic (exact) mass is 298 g/mol. The van der Waals surface area contributed by atoms with E-state index < -0.39 is 0 Å². The molecule has 0 saturated carbocycles. The Labute approximate surface area is 136 Å². The molecule has 1 heteroatoms. The zero-order valence-corrected chi connectivity index (χ0v) is 14.7. The van der Waals surface area contributed by atoms with Crippen LogP contribution >= 0.6 is 0 Å². The fourth-order valence-electron chi connectivity index (χ4n) is 2.89. The number of allylic oxidation sites excluding steroid dienone is 2. The molecule has 0 saturated heterocycles. The molecule has 0 aliphatic rings. The molecule has 0 radical (unpaired) electrons. The molecule has 22 heavy (non-hydrogen) atoms. The van der Waals surface area contributed by atoms with Crippen molar-refractivity contribution in [3.8, 4) is 0 Å². The number of aryl methyl sites for hydroxylation is 3. The van der Waals surface area contributed by atoms with Crippen LogP contribution in [0.2, 0.25) is 0 Å². The maximum atomic E-state index is 12.4. The summed E-state index contributed by atoms with van der Waals surface area (Å²) in [6, 6.07) is 4.37. The maximum absolute atomic E-state index is 12.4. The van der Waals surface area contributed by atoms with Crippen LogP contribution in [0.15, 0.2) is 30.4 Å². The van der Waals surface area contributed by atoms with E-state index in [1.807, 2.05) is 0 Å². The van der Waals surface area contributed by atoms with Gasteiger partial charge in [0.15, 0.2) is 5.78 Å². The highest BCUT2D eigenvalue weighted by molar-refractivity contribution is 6.00. The van der Waals surface area contributed by atoms with Gasteiger partial charge < -0.3 is 0 Å². The van der Waals surface area contributed by atoms with Gasteiger partial charge in [0, 0.05) is 6.42 Å². The van der Waals surface area contributed by atoms with Crippen LogP contribution in [0.4, 0.5) is 0 Å². The van der Waals surface area contributed by atoms with Crippen molar-refractivity contribution in [2.24, 2.45) is 0 Å². The second-order valence-electron chi connectivity index (χ2n) is 6.21. The third kappa shape index (κ3) is 5.63. The van der Waals surface area contributed by atoms with E-state index in [1.54, 1.807) is 6.08 Å². The molecule has 0 fully saturated rings. The van der Waals surface area contributed by atoms with Crippen molar-refractivity contribution in [3.05, 3.63) is 52.6 Å². The minimum absolute atomic E-state index is 0.214. The minimum atomic E-state index is 0.214. The average molecular weight is 298 g/mol. The van der Waals surface area contributed by atoms with Gasteiger partial charge in [-0.1, -0.05) is 50.0 Å². The highest BCUT2D eigenvalue weighted by Gasteiger charge is 2.10. The third-order valence-electron chi connectivity index (χ3n) is 4.04. The van der Waals surface area contributed by atoms with Crippen molar-refractivity contribution in [2.45, 2.75) is 66.2 Å². The Morgan fingerprint density at radius 2 is 1.73 bits per heavy atom. The van der Waals surface area contributed by atoms with E-state index in [0.29, 0.717) is 6.42 Å². The Hall–Kier alpha value is -1.63. The fraction of sp³-hybridized carbons (Fsp3) is 0.476. The molecule has 1 aromatic rings. The molecule has 0 unspecified atom stereocenters. The first kappa shape index (κ1) is 18.4. The van der Waals surface area contributed by atoms with Crippen LogP contribution in [0, 0.1) is 20.8 Å². The molecule has 0 spiro atoms. The molecule has 1 rings (SSSR count). The quantitative estimate of drug-likeness (QED) is 0.305. The highest BCUT2D eigenvalue weighted by atomic mass is 16.1.